The van der Waals surface area contributed by atoms with E-state index in [2.05, 4.69) is 180 Å². The molecule has 9 aromatic rings. The fraction of sp³-hybridized carbons (Fsp3) is 0.0455. The Balaban J connectivity index is 1.26. The van der Waals surface area contributed by atoms with Gasteiger partial charge in [-0.3, -0.25) is 0 Å². The highest BCUT2D eigenvalue weighted by molar-refractivity contribution is 7.26. The van der Waals surface area contributed by atoms with E-state index in [1.54, 1.807) is 5.19 Å². The van der Waals surface area contributed by atoms with Crippen LogP contribution in [0.4, 0.5) is 17.1 Å². The summed E-state index contributed by atoms with van der Waals surface area (Å²) in [7, 11) is -2.01. The van der Waals surface area contributed by atoms with Crippen molar-refractivity contribution in [3.05, 3.63) is 158 Å². The van der Waals surface area contributed by atoms with Crippen molar-refractivity contribution in [2.45, 2.75) is 13.1 Å². The topological polar surface area (TPSA) is 8.17 Å². The van der Waals surface area contributed by atoms with Gasteiger partial charge >= 0.3 is 0 Å². The van der Waals surface area contributed by atoms with Crippen LogP contribution in [0.1, 0.15) is 0 Å². The Hall–Kier alpha value is -5.42. The summed E-state index contributed by atoms with van der Waals surface area (Å²) in [6.45, 7) is 5.06. The molecule has 0 fully saturated rings. The number of fused-ring (bicyclic) bond motifs is 10. The highest BCUT2D eigenvalue weighted by atomic mass is 32.1. The smallest absolute Gasteiger partial charge is 0.113 e. The Bertz CT molecular complexity index is 2700. The van der Waals surface area contributed by atoms with Gasteiger partial charge in [0.05, 0.1) is 16.7 Å². The minimum atomic E-state index is -2.01. The Morgan fingerprint density at radius 3 is 2.08 bits per heavy atom. The molecule has 10 rings (SSSR count). The van der Waals surface area contributed by atoms with Crippen molar-refractivity contribution >= 4 is 88.8 Å². The zero-order valence-electron chi connectivity index (χ0n) is 26.8. The minimum Gasteiger partial charge on any atom is -0.308 e. The Labute approximate surface area is 284 Å². The number of rotatable bonds is 4. The molecule has 0 saturated heterocycles. The molecule has 0 aliphatic carbocycles. The lowest BCUT2D eigenvalue weighted by molar-refractivity contribution is 1.17. The predicted molar refractivity (Wildman–Crippen MR) is 211 cm³/mol. The van der Waals surface area contributed by atoms with Gasteiger partial charge in [0.2, 0.25) is 0 Å². The lowest BCUT2D eigenvalue weighted by Crippen LogP contribution is -2.49. The second-order valence-corrected chi connectivity index (χ2v) is 18.8. The third-order valence-electron chi connectivity index (χ3n) is 10.4. The molecule has 7 aromatic carbocycles. The average Bonchev–Trinajstić information content (AvgIpc) is 3.75. The Kier molecular flexibility index (Phi) is 5.93. The number of benzene rings is 7. The fourth-order valence-electron chi connectivity index (χ4n) is 8.20. The van der Waals surface area contributed by atoms with Gasteiger partial charge in [0.15, 0.2) is 0 Å². The lowest BCUT2D eigenvalue weighted by atomic mass is 9.99. The van der Waals surface area contributed by atoms with E-state index < -0.39 is 8.07 Å². The summed E-state index contributed by atoms with van der Waals surface area (Å²) < 4.78 is 5.18. The molecule has 1 aliphatic heterocycles. The summed E-state index contributed by atoms with van der Waals surface area (Å²) in [5, 5.41) is 8.37. The fourth-order valence-corrected chi connectivity index (χ4v) is 12.4. The van der Waals surface area contributed by atoms with E-state index in [-0.39, 0.29) is 0 Å². The summed E-state index contributed by atoms with van der Waals surface area (Å²) in [4.78, 5) is 2.48. The van der Waals surface area contributed by atoms with Gasteiger partial charge in [0.25, 0.3) is 0 Å². The first-order valence-corrected chi connectivity index (χ1v) is 20.4. The second kappa shape index (κ2) is 10.3. The summed E-state index contributed by atoms with van der Waals surface area (Å²) in [5.41, 5.74) is 9.96. The highest BCUT2D eigenvalue weighted by Crippen LogP contribution is 2.46. The monoisotopic (exact) mass is 648 g/mol. The predicted octanol–water partition coefficient (Wildman–Crippen LogP) is 11.4. The first-order valence-electron chi connectivity index (χ1n) is 16.6. The van der Waals surface area contributed by atoms with Gasteiger partial charge in [-0.2, -0.15) is 0 Å². The van der Waals surface area contributed by atoms with E-state index in [9.17, 15) is 0 Å². The van der Waals surface area contributed by atoms with Crippen molar-refractivity contribution in [1.82, 2.24) is 4.57 Å². The van der Waals surface area contributed by atoms with Gasteiger partial charge in [0, 0.05) is 48.0 Å². The average molecular weight is 649 g/mol. The van der Waals surface area contributed by atoms with Crippen molar-refractivity contribution in [2.24, 2.45) is 0 Å². The highest BCUT2D eigenvalue weighted by Gasteiger charge is 2.39. The molecule has 4 heteroatoms. The van der Waals surface area contributed by atoms with Crippen molar-refractivity contribution in [3.63, 3.8) is 0 Å². The molecule has 2 aromatic heterocycles. The quantitative estimate of drug-likeness (QED) is 0.172. The number of thiophene rings is 1. The summed E-state index contributed by atoms with van der Waals surface area (Å²) in [5.74, 6) is 0. The molecule has 0 saturated carbocycles. The second-order valence-electron chi connectivity index (χ2n) is 13.3. The van der Waals surface area contributed by atoms with Crippen LogP contribution in [0, 0.1) is 0 Å². The van der Waals surface area contributed by atoms with Crippen molar-refractivity contribution in [3.8, 4) is 16.8 Å². The molecule has 0 spiro atoms. The largest absolute Gasteiger partial charge is 0.308 e. The molecule has 228 valence electrons. The van der Waals surface area contributed by atoms with Gasteiger partial charge in [-0.05, 0) is 82.2 Å². The van der Waals surface area contributed by atoms with E-state index >= 15 is 0 Å². The molecule has 3 heterocycles. The van der Waals surface area contributed by atoms with Gasteiger partial charge in [-0.25, -0.2) is 0 Å². The molecule has 0 amide bonds. The van der Waals surface area contributed by atoms with Crippen molar-refractivity contribution in [1.29, 1.82) is 0 Å². The molecule has 0 unspecified atom stereocenters. The van der Waals surface area contributed by atoms with Crippen LogP contribution in [0.2, 0.25) is 13.1 Å². The van der Waals surface area contributed by atoms with Crippen LogP contribution in [-0.2, 0) is 0 Å². The molecular weight excluding hydrogens is 617 g/mol. The van der Waals surface area contributed by atoms with Crippen LogP contribution >= 0.6 is 11.3 Å². The van der Waals surface area contributed by atoms with E-state index in [0.29, 0.717) is 0 Å². The first-order chi connectivity index (χ1) is 23.6. The van der Waals surface area contributed by atoms with E-state index in [1.807, 2.05) is 11.3 Å². The van der Waals surface area contributed by atoms with Crippen LogP contribution in [0.15, 0.2) is 158 Å². The number of anilines is 3. The Morgan fingerprint density at radius 1 is 0.542 bits per heavy atom. The van der Waals surface area contributed by atoms with E-state index in [1.165, 1.54) is 69.7 Å². The standard InChI is InChI=1S/C44H32N2SSi/c1-48(2)40-27-26-39-42(34-19-10-12-23-38(34)47-39)43(40)35-25-24-31(28-41(35)48)45(29-14-5-3-6-15-29)37-22-13-20-33-32-18-9-11-21-36(32)46(44(33)37)30-16-7-4-8-17-30/h3-28H,1-2H3. The SMILES string of the molecule is C[Si]1(C)c2cc(N(c3ccccc3)c3cccc4c5ccccc5n(-c5ccccc5)c34)ccc2-c2c1ccc1sc3ccccc3c21. The van der Waals surface area contributed by atoms with Crippen LogP contribution < -0.4 is 15.3 Å². The molecular formula is C44H32N2SSi. The third-order valence-corrected chi connectivity index (χ3v) is 15.0. The van der Waals surface area contributed by atoms with Gasteiger partial charge in [-0.15, -0.1) is 11.3 Å². The van der Waals surface area contributed by atoms with Crippen LogP contribution in [0.5, 0.6) is 0 Å². The number of hydrogen-bond donors (Lipinski definition) is 0. The van der Waals surface area contributed by atoms with Gasteiger partial charge < -0.3 is 9.47 Å². The lowest BCUT2D eigenvalue weighted by Gasteiger charge is -2.28. The third kappa shape index (κ3) is 3.84. The number of aromatic nitrogens is 1. The molecule has 0 bridgehead atoms. The number of hydrogen-bond acceptors (Lipinski definition) is 2. The zero-order chi connectivity index (χ0) is 32.0. The molecule has 48 heavy (non-hydrogen) atoms. The number of nitrogens with zero attached hydrogens (tertiary/aromatic N) is 2. The zero-order valence-corrected chi connectivity index (χ0v) is 28.6. The van der Waals surface area contributed by atoms with Crippen molar-refractivity contribution < 1.29 is 0 Å². The summed E-state index contributed by atoms with van der Waals surface area (Å²) in [6, 6.07) is 58.2. The van der Waals surface area contributed by atoms with Crippen molar-refractivity contribution in [2.75, 3.05) is 4.90 Å². The normalized spacial score (nSPS) is 13.4. The van der Waals surface area contributed by atoms with Gasteiger partial charge in [-0.1, -0.05) is 110 Å². The molecule has 1 aliphatic rings. The maximum absolute atomic E-state index is 2.53. The molecule has 2 nitrogen and oxygen atoms in total. The van der Waals surface area contributed by atoms with E-state index in [4.69, 9.17) is 0 Å². The number of para-hydroxylation sites is 4. The maximum atomic E-state index is 2.53. The first kappa shape index (κ1) is 27.7. The van der Waals surface area contributed by atoms with E-state index in [0.717, 1.165) is 11.4 Å². The van der Waals surface area contributed by atoms with Gasteiger partial charge in [0.1, 0.15) is 8.07 Å². The van der Waals surface area contributed by atoms with Crippen LogP contribution in [0.25, 0.3) is 58.8 Å². The maximum Gasteiger partial charge on any atom is 0.113 e. The molecule has 0 N–H and O–H groups in total. The van der Waals surface area contributed by atoms with Crippen LogP contribution in [0.3, 0.4) is 0 Å². The summed E-state index contributed by atoms with van der Waals surface area (Å²) in [6.07, 6.45) is 0. The Morgan fingerprint density at radius 2 is 1.25 bits per heavy atom. The summed E-state index contributed by atoms with van der Waals surface area (Å²) >= 11 is 1.91. The van der Waals surface area contributed by atoms with Crippen LogP contribution in [-0.4, -0.2) is 12.6 Å². The minimum absolute atomic E-state index is 1.15. The molecule has 0 radical (unpaired) electrons. The molecule has 0 atom stereocenters.